The molecule has 0 unspecified atom stereocenters. The zero-order valence-electron chi connectivity index (χ0n) is 16.3. The highest BCUT2D eigenvalue weighted by molar-refractivity contribution is 7.09. The van der Waals surface area contributed by atoms with Crippen molar-refractivity contribution in [1.82, 2.24) is 15.2 Å². The number of benzene rings is 1. The molecule has 0 bridgehead atoms. The van der Waals surface area contributed by atoms with E-state index in [9.17, 15) is 4.79 Å². The number of nitrogens with zero attached hydrogens (tertiary/aromatic N) is 2. The Morgan fingerprint density at radius 3 is 2.68 bits per heavy atom. The van der Waals surface area contributed by atoms with Gasteiger partial charge in [-0.15, -0.1) is 36.2 Å². The van der Waals surface area contributed by atoms with Gasteiger partial charge in [-0.25, -0.2) is 4.98 Å². The van der Waals surface area contributed by atoms with E-state index in [1.165, 1.54) is 11.3 Å². The Hall–Kier alpha value is -1.58. The molecule has 2 aromatic rings. The monoisotopic (exact) mass is 450 g/mol. The molecule has 2 rings (SSSR count). The molecular formula is C18H28Cl2N4O3S. The molecule has 0 aliphatic heterocycles. The van der Waals surface area contributed by atoms with Crippen LogP contribution in [0.4, 0.5) is 0 Å². The van der Waals surface area contributed by atoms with E-state index < -0.39 is 0 Å². The summed E-state index contributed by atoms with van der Waals surface area (Å²) in [6.45, 7) is 2.31. The normalized spacial score (nSPS) is 10.0. The van der Waals surface area contributed by atoms with E-state index in [0.29, 0.717) is 43.3 Å². The van der Waals surface area contributed by atoms with Crippen molar-refractivity contribution >= 4 is 42.1 Å². The highest BCUT2D eigenvalue weighted by Gasteiger charge is 2.11. The van der Waals surface area contributed by atoms with Gasteiger partial charge in [0, 0.05) is 24.9 Å². The third-order valence-electron chi connectivity index (χ3n) is 3.62. The van der Waals surface area contributed by atoms with Crippen molar-refractivity contribution in [1.29, 1.82) is 0 Å². The first-order valence-electron chi connectivity index (χ1n) is 8.40. The number of amides is 1. The number of likely N-dealkylation sites (N-methyl/N-ethyl adjacent to an activating group) is 1. The van der Waals surface area contributed by atoms with E-state index in [1.54, 1.807) is 12.5 Å². The van der Waals surface area contributed by atoms with Crippen LogP contribution in [0, 0.1) is 0 Å². The number of ether oxygens (including phenoxy) is 2. The molecule has 158 valence electrons. The average Bonchev–Trinajstić information content (AvgIpc) is 3.09. The molecule has 7 nitrogen and oxygen atoms in total. The van der Waals surface area contributed by atoms with E-state index in [0.717, 1.165) is 17.1 Å². The van der Waals surface area contributed by atoms with Crippen LogP contribution < -0.4 is 20.5 Å². The van der Waals surface area contributed by atoms with Gasteiger partial charge in [0.05, 0.1) is 12.1 Å². The summed E-state index contributed by atoms with van der Waals surface area (Å²) < 4.78 is 11.1. The Bertz CT molecular complexity index is 729. The molecule has 10 heteroatoms. The van der Waals surface area contributed by atoms with Crippen LogP contribution in [-0.2, 0) is 13.0 Å². The number of hydrogen-bond donors (Lipinski definition) is 2. The fourth-order valence-electron chi connectivity index (χ4n) is 2.21. The predicted molar refractivity (Wildman–Crippen MR) is 118 cm³/mol. The van der Waals surface area contributed by atoms with Gasteiger partial charge in [0.1, 0.15) is 12.3 Å². The Balaban J connectivity index is 0.00000364. The summed E-state index contributed by atoms with van der Waals surface area (Å²) in [5.74, 6) is 1.14. The Kier molecular flexibility index (Phi) is 12.8. The van der Waals surface area contributed by atoms with Crippen molar-refractivity contribution in [2.45, 2.75) is 13.0 Å². The summed E-state index contributed by atoms with van der Waals surface area (Å²) in [4.78, 5) is 18.5. The van der Waals surface area contributed by atoms with Gasteiger partial charge in [0.15, 0.2) is 11.5 Å². The van der Waals surface area contributed by atoms with Gasteiger partial charge in [-0.3, -0.25) is 4.79 Å². The van der Waals surface area contributed by atoms with Crippen molar-refractivity contribution < 1.29 is 14.3 Å². The molecular weight excluding hydrogens is 423 g/mol. The number of carbonyl (C=O) groups excluding carboxylic acids is 1. The number of nitrogens with one attached hydrogen (secondary N) is 1. The Labute approximate surface area is 182 Å². The predicted octanol–water partition coefficient (Wildman–Crippen LogP) is 2.37. The number of nitrogens with two attached hydrogens (primary N) is 1. The van der Waals surface area contributed by atoms with Crippen LogP contribution in [0.25, 0.3) is 0 Å². The zero-order valence-corrected chi connectivity index (χ0v) is 18.7. The van der Waals surface area contributed by atoms with E-state index in [1.807, 2.05) is 37.2 Å². The quantitative estimate of drug-likeness (QED) is 0.577. The van der Waals surface area contributed by atoms with Crippen LogP contribution in [0.15, 0.2) is 23.6 Å². The van der Waals surface area contributed by atoms with E-state index in [2.05, 4.69) is 10.3 Å². The van der Waals surface area contributed by atoms with E-state index >= 15 is 0 Å². The lowest BCUT2D eigenvalue weighted by Crippen LogP contribution is -2.23. The molecule has 0 aliphatic carbocycles. The summed E-state index contributed by atoms with van der Waals surface area (Å²) >= 11 is 1.45. The fraction of sp³-hybridized carbons (Fsp3) is 0.444. The standard InChI is InChI=1S/C18H26N4O3S.2ClH/c1-22(2)8-9-25-15-5-4-13(10-16(15)24-3)11-20-18(23)14-12-26-17(21-14)6-7-19;;/h4-5,10,12H,6-9,11,19H2,1-3H3,(H,20,23);2*1H. The number of hydrogen-bond acceptors (Lipinski definition) is 7. The Morgan fingerprint density at radius 1 is 1.29 bits per heavy atom. The van der Waals surface area contributed by atoms with Crippen molar-refractivity contribution in [3.63, 3.8) is 0 Å². The van der Waals surface area contributed by atoms with Crippen LogP contribution in [0.2, 0.25) is 0 Å². The van der Waals surface area contributed by atoms with E-state index in [-0.39, 0.29) is 30.7 Å². The van der Waals surface area contributed by atoms with Crippen molar-refractivity contribution in [3.05, 3.63) is 39.8 Å². The maximum Gasteiger partial charge on any atom is 0.271 e. The Morgan fingerprint density at radius 2 is 2.04 bits per heavy atom. The zero-order chi connectivity index (χ0) is 18.9. The van der Waals surface area contributed by atoms with Gasteiger partial charge in [-0.05, 0) is 38.3 Å². The third-order valence-corrected chi connectivity index (χ3v) is 4.53. The second-order valence-corrected chi connectivity index (χ2v) is 6.93. The highest BCUT2D eigenvalue weighted by Crippen LogP contribution is 2.28. The van der Waals surface area contributed by atoms with Crippen LogP contribution >= 0.6 is 36.2 Å². The lowest BCUT2D eigenvalue weighted by Gasteiger charge is -2.14. The summed E-state index contributed by atoms with van der Waals surface area (Å²) in [7, 11) is 5.59. The molecule has 3 N–H and O–H groups in total. The van der Waals surface area contributed by atoms with Gasteiger partial charge < -0.3 is 25.4 Å². The summed E-state index contributed by atoms with van der Waals surface area (Å²) in [5, 5.41) is 5.50. The van der Waals surface area contributed by atoms with Gasteiger partial charge in [0.2, 0.25) is 0 Å². The number of carbonyl (C=O) groups is 1. The van der Waals surface area contributed by atoms with Gasteiger partial charge >= 0.3 is 0 Å². The van der Waals surface area contributed by atoms with Gasteiger partial charge in [-0.1, -0.05) is 6.07 Å². The largest absolute Gasteiger partial charge is 0.493 e. The summed E-state index contributed by atoms with van der Waals surface area (Å²) in [6, 6.07) is 5.64. The summed E-state index contributed by atoms with van der Waals surface area (Å²) in [6.07, 6.45) is 0.685. The smallest absolute Gasteiger partial charge is 0.271 e. The minimum Gasteiger partial charge on any atom is -0.493 e. The molecule has 28 heavy (non-hydrogen) atoms. The van der Waals surface area contributed by atoms with Gasteiger partial charge in [0.25, 0.3) is 5.91 Å². The van der Waals surface area contributed by atoms with Crippen molar-refractivity contribution in [3.8, 4) is 11.5 Å². The number of methoxy groups -OCH3 is 1. The SMILES string of the molecule is COc1cc(CNC(=O)c2csc(CCN)n2)ccc1OCCN(C)C.Cl.Cl. The molecule has 1 amide bonds. The fourth-order valence-corrected chi connectivity index (χ4v) is 3.00. The summed E-state index contributed by atoms with van der Waals surface area (Å²) in [5.41, 5.74) is 6.86. The van der Waals surface area contributed by atoms with Crippen molar-refractivity contribution in [2.24, 2.45) is 5.73 Å². The first-order chi connectivity index (χ1) is 12.5. The second kappa shape index (κ2) is 13.6. The molecule has 0 fully saturated rings. The molecule has 0 spiro atoms. The van der Waals surface area contributed by atoms with Crippen LogP contribution in [0.5, 0.6) is 11.5 Å². The molecule has 1 aromatic heterocycles. The maximum atomic E-state index is 12.2. The molecule has 0 aliphatic rings. The maximum absolute atomic E-state index is 12.2. The number of aromatic nitrogens is 1. The molecule has 0 atom stereocenters. The van der Waals surface area contributed by atoms with Crippen LogP contribution in [0.3, 0.4) is 0 Å². The molecule has 0 saturated heterocycles. The van der Waals surface area contributed by atoms with Crippen LogP contribution in [-0.4, -0.2) is 56.7 Å². The lowest BCUT2D eigenvalue weighted by atomic mass is 10.2. The van der Waals surface area contributed by atoms with Crippen LogP contribution in [0.1, 0.15) is 21.1 Å². The molecule has 0 radical (unpaired) electrons. The third kappa shape index (κ3) is 8.20. The molecule has 0 saturated carbocycles. The lowest BCUT2D eigenvalue weighted by molar-refractivity contribution is 0.0946. The minimum atomic E-state index is -0.199. The molecule has 1 aromatic carbocycles. The van der Waals surface area contributed by atoms with Gasteiger partial charge in [-0.2, -0.15) is 0 Å². The number of halogens is 2. The number of rotatable bonds is 10. The van der Waals surface area contributed by atoms with Crippen molar-refractivity contribution in [2.75, 3.05) is 40.9 Å². The second-order valence-electron chi connectivity index (χ2n) is 5.98. The minimum absolute atomic E-state index is 0. The first kappa shape index (κ1) is 26.4. The average molecular weight is 451 g/mol. The van der Waals surface area contributed by atoms with E-state index in [4.69, 9.17) is 15.2 Å². The highest BCUT2D eigenvalue weighted by atomic mass is 35.5. The number of thiazole rings is 1. The topological polar surface area (TPSA) is 89.7 Å². The first-order valence-corrected chi connectivity index (χ1v) is 9.28. The molecule has 1 heterocycles.